The number of thiazole rings is 1. The number of aliphatic carboxylic acids is 1. The molecule has 0 bridgehead atoms. The Morgan fingerprint density at radius 3 is 2.70 bits per heavy atom. The summed E-state index contributed by atoms with van der Waals surface area (Å²) in [7, 11) is -3.89. The first kappa shape index (κ1) is 15.5. The van der Waals surface area contributed by atoms with Crippen molar-refractivity contribution >= 4 is 67.0 Å². The Labute approximate surface area is 132 Å². The molecule has 2 N–H and O–H groups in total. The Morgan fingerprint density at radius 1 is 1.45 bits per heavy atom. The van der Waals surface area contributed by atoms with Crippen molar-refractivity contribution in [3.05, 3.63) is 25.8 Å². The van der Waals surface area contributed by atoms with Crippen LogP contribution in [-0.2, 0) is 21.2 Å². The van der Waals surface area contributed by atoms with E-state index >= 15 is 0 Å². The van der Waals surface area contributed by atoms with Crippen LogP contribution in [0.4, 0.5) is 5.13 Å². The van der Waals surface area contributed by atoms with Gasteiger partial charge in [0.15, 0.2) is 5.13 Å². The van der Waals surface area contributed by atoms with E-state index in [0.29, 0.717) is 0 Å². The van der Waals surface area contributed by atoms with Gasteiger partial charge in [-0.1, -0.05) is 23.2 Å². The minimum atomic E-state index is -3.89. The minimum Gasteiger partial charge on any atom is -0.481 e. The number of aromatic nitrogens is 1. The van der Waals surface area contributed by atoms with Crippen LogP contribution in [0.25, 0.3) is 0 Å². The Bertz CT molecular complexity index is 753. The van der Waals surface area contributed by atoms with E-state index in [1.165, 1.54) is 11.4 Å². The lowest BCUT2D eigenvalue weighted by Gasteiger charge is -2.02. The van der Waals surface area contributed by atoms with Gasteiger partial charge in [-0.25, -0.2) is 13.4 Å². The van der Waals surface area contributed by atoms with E-state index in [-0.39, 0.29) is 30.8 Å². The number of nitrogens with zero attached hydrogens (tertiary/aromatic N) is 1. The molecule has 0 amide bonds. The van der Waals surface area contributed by atoms with Crippen molar-refractivity contribution in [2.24, 2.45) is 0 Å². The Morgan fingerprint density at radius 2 is 2.15 bits per heavy atom. The molecule has 0 aliphatic rings. The number of carboxylic acid groups (broad SMARTS) is 1. The fourth-order valence-corrected chi connectivity index (χ4v) is 5.38. The summed E-state index contributed by atoms with van der Waals surface area (Å²) in [5.74, 6) is -1.04. The lowest BCUT2D eigenvalue weighted by Crippen LogP contribution is -2.12. The number of carboxylic acids is 1. The summed E-state index contributed by atoms with van der Waals surface area (Å²) in [5, 5.41) is 10.2. The fourth-order valence-electron chi connectivity index (χ4n) is 1.27. The predicted octanol–water partition coefficient (Wildman–Crippen LogP) is 2.94. The first-order valence-electron chi connectivity index (χ1n) is 4.92. The molecule has 0 spiro atoms. The van der Waals surface area contributed by atoms with Crippen molar-refractivity contribution in [1.82, 2.24) is 4.98 Å². The fraction of sp³-hybridized carbons (Fsp3) is 0.111. The lowest BCUT2D eigenvalue weighted by molar-refractivity contribution is -0.136. The third kappa shape index (κ3) is 3.61. The van der Waals surface area contributed by atoms with Gasteiger partial charge in [-0.3, -0.25) is 9.52 Å². The molecule has 0 radical (unpaired) electrons. The highest BCUT2D eigenvalue weighted by Crippen LogP contribution is 2.35. The molecule has 0 unspecified atom stereocenters. The van der Waals surface area contributed by atoms with Gasteiger partial charge in [0.1, 0.15) is 9.23 Å². The molecule has 0 aliphatic heterocycles. The summed E-state index contributed by atoms with van der Waals surface area (Å²) in [5.41, 5.74) is 0.273. The third-order valence-corrected chi connectivity index (χ3v) is 6.05. The quantitative estimate of drug-likeness (QED) is 0.840. The second-order valence-electron chi connectivity index (χ2n) is 3.51. The van der Waals surface area contributed by atoms with Crippen LogP contribution < -0.4 is 4.72 Å². The first-order chi connectivity index (χ1) is 9.28. The highest BCUT2D eigenvalue weighted by molar-refractivity contribution is 7.93. The number of thiophene rings is 1. The van der Waals surface area contributed by atoms with Crippen molar-refractivity contribution in [3.63, 3.8) is 0 Å². The molecule has 0 aliphatic carbocycles. The van der Waals surface area contributed by atoms with Gasteiger partial charge >= 0.3 is 5.97 Å². The molecule has 108 valence electrons. The van der Waals surface area contributed by atoms with Gasteiger partial charge in [0, 0.05) is 5.38 Å². The van der Waals surface area contributed by atoms with Crippen molar-refractivity contribution in [3.8, 4) is 0 Å². The summed E-state index contributed by atoms with van der Waals surface area (Å²) in [4.78, 5) is 14.3. The second kappa shape index (κ2) is 5.86. The maximum Gasteiger partial charge on any atom is 0.309 e. The predicted molar refractivity (Wildman–Crippen MR) is 78.6 cm³/mol. The van der Waals surface area contributed by atoms with Gasteiger partial charge in [-0.15, -0.1) is 22.7 Å². The minimum absolute atomic E-state index is 0.0461. The highest BCUT2D eigenvalue weighted by Gasteiger charge is 2.22. The maximum absolute atomic E-state index is 12.1. The zero-order chi connectivity index (χ0) is 14.9. The van der Waals surface area contributed by atoms with Gasteiger partial charge in [-0.2, -0.15) is 0 Å². The number of anilines is 1. The first-order valence-corrected chi connectivity index (χ1v) is 8.85. The topological polar surface area (TPSA) is 96.4 Å². The summed E-state index contributed by atoms with van der Waals surface area (Å²) in [6, 6.07) is 1.24. The maximum atomic E-state index is 12.1. The van der Waals surface area contributed by atoms with Crippen molar-refractivity contribution in [2.75, 3.05) is 4.72 Å². The second-order valence-corrected chi connectivity index (χ2v) is 8.30. The smallest absolute Gasteiger partial charge is 0.309 e. The number of nitrogens with one attached hydrogen (secondary N) is 1. The third-order valence-electron chi connectivity index (χ3n) is 2.02. The Kier molecular flexibility index (Phi) is 4.55. The monoisotopic (exact) mass is 372 g/mol. The van der Waals surface area contributed by atoms with Gasteiger partial charge in [0.05, 0.1) is 16.5 Å². The van der Waals surface area contributed by atoms with Crippen LogP contribution in [-0.4, -0.2) is 24.5 Å². The summed E-state index contributed by atoms with van der Waals surface area (Å²) < 4.78 is 26.7. The van der Waals surface area contributed by atoms with E-state index in [0.717, 1.165) is 22.7 Å². The Balaban J connectivity index is 2.22. The molecule has 2 heterocycles. The van der Waals surface area contributed by atoms with Crippen molar-refractivity contribution < 1.29 is 18.3 Å². The van der Waals surface area contributed by atoms with Gasteiger partial charge < -0.3 is 5.11 Å². The van der Waals surface area contributed by atoms with Crippen molar-refractivity contribution in [2.45, 2.75) is 11.3 Å². The van der Waals surface area contributed by atoms with Crippen LogP contribution in [0.1, 0.15) is 5.69 Å². The molecular formula is C9H6Cl2N2O4S3. The van der Waals surface area contributed by atoms with E-state index in [1.54, 1.807) is 0 Å². The van der Waals surface area contributed by atoms with Crippen LogP contribution >= 0.6 is 45.9 Å². The van der Waals surface area contributed by atoms with E-state index in [2.05, 4.69) is 9.71 Å². The van der Waals surface area contributed by atoms with Crippen LogP contribution in [0.15, 0.2) is 16.3 Å². The molecular weight excluding hydrogens is 367 g/mol. The molecule has 2 rings (SSSR count). The van der Waals surface area contributed by atoms with Crippen LogP contribution in [0.2, 0.25) is 8.67 Å². The van der Waals surface area contributed by atoms with E-state index in [4.69, 9.17) is 28.3 Å². The zero-order valence-electron chi connectivity index (χ0n) is 9.46. The van der Waals surface area contributed by atoms with E-state index in [1.807, 2.05) is 0 Å². The summed E-state index contributed by atoms with van der Waals surface area (Å²) in [6.45, 7) is 0. The summed E-state index contributed by atoms with van der Waals surface area (Å²) in [6.07, 6.45) is -0.275. The molecule has 0 atom stereocenters. The lowest BCUT2D eigenvalue weighted by atomic mass is 10.3. The molecule has 20 heavy (non-hydrogen) atoms. The normalized spacial score (nSPS) is 11.5. The van der Waals surface area contributed by atoms with Crippen LogP contribution in [0.5, 0.6) is 0 Å². The molecule has 0 saturated heterocycles. The molecule has 0 saturated carbocycles. The molecule has 0 aromatic carbocycles. The molecule has 6 nitrogen and oxygen atoms in total. The van der Waals surface area contributed by atoms with E-state index < -0.39 is 16.0 Å². The summed E-state index contributed by atoms with van der Waals surface area (Å²) >= 11 is 13.4. The van der Waals surface area contributed by atoms with E-state index in [9.17, 15) is 13.2 Å². The standard InChI is InChI=1S/C9H6Cl2N2O4S3/c10-6-2-5(8(11)19-6)20(16,17)13-9-12-4(3-18-9)1-7(14)15/h2-3H,1H2,(H,12,13)(H,14,15). The number of rotatable bonds is 5. The van der Waals surface area contributed by atoms with Crippen LogP contribution in [0, 0.1) is 0 Å². The molecule has 2 aromatic heterocycles. The molecule has 0 fully saturated rings. The van der Waals surface area contributed by atoms with Crippen molar-refractivity contribution in [1.29, 1.82) is 0 Å². The van der Waals surface area contributed by atoms with Gasteiger partial charge in [-0.05, 0) is 6.07 Å². The molecule has 2 aromatic rings. The highest BCUT2D eigenvalue weighted by atomic mass is 35.5. The van der Waals surface area contributed by atoms with Crippen LogP contribution in [0.3, 0.4) is 0 Å². The number of sulfonamides is 1. The number of hydrogen-bond donors (Lipinski definition) is 2. The SMILES string of the molecule is O=C(O)Cc1csc(NS(=O)(=O)c2cc(Cl)sc2Cl)n1. The zero-order valence-corrected chi connectivity index (χ0v) is 13.4. The molecule has 11 heteroatoms. The number of carbonyl (C=O) groups is 1. The number of hydrogen-bond acceptors (Lipinski definition) is 6. The number of halogens is 2. The van der Waals surface area contributed by atoms with Gasteiger partial charge in [0.25, 0.3) is 10.0 Å². The van der Waals surface area contributed by atoms with Gasteiger partial charge in [0.2, 0.25) is 0 Å². The average Bonchev–Trinajstić information content (AvgIpc) is 2.84. The largest absolute Gasteiger partial charge is 0.481 e. The Hall–Kier alpha value is -0.870. The average molecular weight is 373 g/mol.